The summed E-state index contributed by atoms with van der Waals surface area (Å²) in [6, 6.07) is 0.282. The Bertz CT molecular complexity index is 211. The largest absolute Gasteiger partial charge is 0.466 e. The summed E-state index contributed by atoms with van der Waals surface area (Å²) >= 11 is 0. The average molecular weight is 231 g/mol. The van der Waals surface area contributed by atoms with Gasteiger partial charge in [-0.1, -0.05) is 20.8 Å². The zero-order valence-electron chi connectivity index (χ0n) is 11.0. The Morgan fingerprint density at radius 2 is 2.00 bits per heavy atom. The molecule has 4 heteroatoms. The van der Waals surface area contributed by atoms with E-state index >= 15 is 0 Å². The normalized spacial score (nSPS) is 15.6. The van der Waals surface area contributed by atoms with E-state index in [1.54, 1.807) is 6.92 Å². The zero-order chi connectivity index (χ0) is 12.8. The SMILES string of the molecule is CCOC(=O)CC(O)CNC(C)C(C)(C)C. The number of ether oxygens (including phenoxy) is 1. The molecule has 0 bridgehead atoms. The fourth-order valence-electron chi connectivity index (χ4n) is 1.10. The van der Waals surface area contributed by atoms with E-state index in [4.69, 9.17) is 4.74 Å². The van der Waals surface area contributed by atoms with Gasteiger partial charge < -0.3 is 15.2 Å². The van der Waals surface area contributed by atoms with E-state index in [1.807, 2.05) is 0 Å². The van der Waals surface area contributed by atoms with Gasteiger partial charge in [0.25, 0.3) is 0 Å². The highest BCUT2D eigenvalue weighted by molar-refractivity contribution is 5.69. The van der Waals surface area contributed by atoms with Crippen molar-refractivity contribution in [3.05, 3.63) is 0 Å². The third-order valence-electron chi connectivity index (χ3n) is 2.67. The first-order chi connectivity index (χ1) is 7.27. The van der Waals surface area contributed by atoms with E-state index in [0.29, 0.717) is 13.2 Å². The van der Waals surface area contributed by atoms with Crippen LogP contribution in [0, 0.1) is 5.41 Å². The van der Waals surface area contributed by atoms with Gasteiger partial charge in [-0.2, -0.15) is 0 Å². The number of esters is 1. The topological polar surface area (TPSA) is 58.6 Å². The maximum absolute atomic E-state index is 11.1. The highest BCUT2D eigenvalue weighted by Crippen LogP contribution is 2.18. The third-order valence-corrected chi connectivity index (χ3v) is 2.67. The van der Waals surface area contributed by atoms with E-state index in [0.717, 1.165) is 0 Å². The first kappa shape index (κ1) is 15.4. The fourth-order valence-corrected chi connectivity index (χ4v) is 1.10. The molecule has 0 aromatic rings. The molecule has 0 rings (SSSR count). The Morgan fingerprint density at radius 1 is 1.44 bits per heavy atom. The predicted molar refractivity (Wildman–Crippen MR) is 64.2 cm³/mol. The molecule has 2 unspecified atom stereocenters. The number of hydrogen-bond donors (Lipinski definition) is 2. The highest BCUT2D eigenvalue weighted by Gasteiger charge is 2.20. The van der Waals surface area contributed by atoms with Crippen LogP contribution in [-0.2, 0) is 9.53 Å². The molecule has 0 aliphatic carbocycles. The molecule has 0 amide bonds. The Hall–Kier alpha value is -0.610. The molecule has 16 heavy (non-hydrogen) atoms. The summed E-state index contributed by atoms with van der Waals surface area (Å²) in [4.78, 5) is 11.1. The van der Waals surface area contributed by atoms with Crippen LogP contribution < -0.4 is 5.32 Å². The van der Waals surface area contributed by atoms with Crippen molar-refractivity contribution in [1.82, 2.24) is 5.32 Å². The van der Waals surface area contributed by atoms with Gasteiger partial charge in [0.15, 0.2) is 0 Å². The molecule has 0 radical (unpaired) electrons. The van der Waals surface area contributed by atoms with Crippen LogP contribution in [0.4, 0.5) is 0 Å². The lowest BCUT2D eigenvalue weighted by Gasteiger charge is -2.29. The van der Waals surface area contributed by atoms with Gasteiger partial charge in [0.1, 0.15) is 0 Å². The maximum Gasteiger partial charge on any atom is 0.308 e. The van der Waals surface area contributed by atoms with Crippen LogP contribution in [0.3, 0.4) is 0 Å². The highest BCUT2D eigenvalue weighted by atomic mass is 16.5. The van der Waals surface area contributed by atoms with Crippen molar-refractivity contribution in [3.63, 3.8) is 0 Å². The monoisotopic (exact) mass is 231 g/mol. The van der Waals surface area contributed by atoms with E-state index in [-0.39, 0.29) is 23.8 Å². The summed E-state index contributed by atoms with van der Waals surface area (Å²) in [6.45, 7) is 11.0. The predicted octanol–water partition coefficient (Wildman–Crippen LogP) is 1.32. The molecule has 0 aliphatic heterocycles. The second-order valence-corrected chi connectivity index (χ2v) is 5.16. The molecule has 0 aliphatic rings. The van der Waals surface area contributed by atoms with Crippen molar-refractivity contribution < 1.29 is 14.6 Å². The molecule has 0 spiro atoms. The van der Waals surface area contributed by atoms with E-state index in [9.17, 15) is 9.90 Å². The molecule has 0 saturated heterocycles. The molecule has 2 N–H and O–H groups in total. The average Bonchev–Trinajstić information content (AvgIpc) is 2.12. The van der Waals surface area contributed by atoms with Gasteiger partial charge in [-0.05, 0) is 19.3 Å². The van der Waals surface area contributed by atoms with Crippen LogP contribution in [-0.4, -0.2) is 36.4 Å². The molecule has 2 atom stereocenters. The number of hydrogen-bond acceptors (Lipinski definition) is 4. The minimum Gasteiger partial charge on any atom is -0.466 e. The van der Waals surface area contributed by atoms with Crippen LogP contribution >= 0.6 is 0 Å². The van der Waals surface area contributed by atoms with Crippen LogP contribution in [0.15, 0.2) is 0 Å². The minimum absolute atomic E-state index is 0.0533. The summed E-state index contributed by atoms with van der Waals surface area (Å²) in [5.41, 5.74) is 0.143. The van der Waals surface area contributed by atoms with Gasteiger partial charge in [0.2, 0.25) is 0 Å². The van der Waals surface area contributed by atoms with Gasteiger partial charge in [-0.3, -0.25) is 4.79 Å². The Balaban J connectivity index is 3.81. The Morgan fingerprint density at radius 3 is 2.44 bits per heavy atom. The molecular weight excluding hydrogens is 206 g/mol. The van der Waals surface area contributed by atoms with Crippen LogP contribution in [0.5, 0.6) is 0 Å². The minimum atomic E-state index is -0.677. The second-order valence-electron chi connectivity index (χ2n) is 5.16. The van der Waals surface area contributed by atoms with Gasteiger partial charge in [0, 0.05) is 12.6 Å². The number of aliphatic hydroxyl groups excluding tert-OH is 1. The van der Waals surface area contributed by atoms with E-state index < -0.39 is 6.10 Å². The smallest absolute Gasteiger partial charge is 0.308 e. The maximum atomic E-state index is 11.1. The number of nitrogens with one attached hydrogen (secondary N) is 1. The van der Waals surface area contributed by atoms with Crippen LogP contribution in [0.2, 0.25) is 0 Å². The van der Waals surface area contributed by atoms with Crippen molar-refractivity contribution >= 4 is 5.97 Å². The number of rotatable bonds is 6. The summed E-state index contributed by atoms with van der Waals surface area (Å²) in [6.07, 6.45) is -0.624. The summed E-state index contributed by atoms with van der Waals surface area (Å²) in [5.74, 6) is -0.347. The van der Waals surface area contributed by atoms with Crippen molar-refractivity contribution in [2.24, 2.45) is 5.41 Å². The lowest BCUT2D eigenvalue weighted by atomic mass is 9.88. The van der Waals surface area contributed by atoms with E-state index in [2.05, 4.69) is 33.0 Å². The van der Waals surface area contributed by atoms with Crippen molar-refractivity contribution in [3.8, 4) is 0 Å². The Kier molecular flexibility index (Phi) is 6.60. The van der Waals surface area contributed by atoms with Crippen molar-refractivity contribution in [1.29, 1.82) is 0 Å². The van der Waals surface area contributed by atoms with Gasteiger partial charge in [0.05, 0.1) is 19.1 Å². The van der Waals surface area contributed by atoms with Gasteiger partial charge in [-0.15, -0.1) is 0 Å². The second kappa shape index (κ2) is 6.86. The quantitative estimate of drug-likeness (QED) is 0.677. The fraction of sp³-hybridized carbons (Fsp3) is 0.917. The third kappa shape index (κ3) is 6.80. The van der Waals surface area contributed by atoms with E-state index in [1.165, 1.54) is 0 Å². The molecule has 96 valence electrons. The molecule has 0 aromatic carbocycles. The number of carbonyl (C=O) groups is 1. The lowest BCUT2D eigenvalue weighted by Crippen LogP contribution is -2.42. The standard InChI is InChI=1S/C12H25NO3/c1-6-16-11(15)7-10(14)8-13-9(2)12(3,4)5/h9-10,13-14H,6-8H2,1-5H3. The molecule has 0 fully saturated rings. The van der Waals surface area contributed by atoms with Crippen LogP contribution in [0.1, 0.15) is 41.0 Å². The summed E-state index contributed by atoms with van der Waals surface area (Å²) in [5, 5.41) is 12.8. The van der Waals surface area contributed by atoms with Crippen molar-refractivity contribution in [2.45, 2.75) is 53.2 Å². The van der Waals surface area contributed by atoms with Gasteiger partial charge in [-0.25, -0.2) is 0 Å². The molecule has 0 heterocycles. The lowest BCUT2D eigenvalue weighted by molar-refractivity contribution is -0.145. The molecule has 0 aromatic heterocycles. The molecule has 4 nitrogen and oxygen atoms in total. The first-order valence-corrected chi connectivity index (χ1v) is 5.84. The van der Waals surface area contributed by atoms with Crippen molar-refractivity contribution in [2.75, 3.05) is 13.2 Å². The molecule has 0 saturated carbocycles. The Labute approximate surface area is 98.4 Å². The number of aliphatic hydroxyl groups is 1. The van der Waals surface area contributed by atoms with Crippen LogP contribution in [0.25, 0.3) is 0 Å². The summed E-state index contributed by atoms with van der Waals surface area (Å²) in [7, 11) is 0. The first-order valence-electron chi connectivity index (χ1n) is 5.84. The van der Waals surface area contributed by atoms with Gasteiger partial charge >= 0.3 is 5.97 Å². The number of carbonyl (C=O) groups excluding carboxylic acids is 1. The summed E-state index contributed by atoms with van der Waals surface area (Å²) < 4.78 is 4.76. The zero-order valence-corrected chi connectivity index (χ0v) is 11.0. The molecular formula is C12H25NO3.